The quantitative estimate of drug-likeness (QED) is 0.687. The van der Waals surface area contributed by atoms with E-state index in [1.54, 1.807) is 19.3 Å². The molecule has 0 spiro atoms. The third-order valence-electron chi connectivity index (χ3n) is 5.59. The lowest BCUT2D eigenvalue weighted by Crippen LogP contribution is -2.33. The van der Waals surface area contributed by atoms with Crippen molar-refractivity contribution < 1.29 is 4.74 Å². The summed E-state index contributed by atoms with van der Waals surface area (Å²) in [5.74, 6) is 5.47. The third-order valence-corrected chi connectivity index (χ3v) is 5.59. The van der Waals surface area contributed by atoms with Crippen LogP contribution in [0.15, 0.2) is 0 Å². The number of hydrogen-bond donors (Lipinski definition) is 1. The van der Waals surface area contributed by atoms with E-state index in [-0.39, 0.29) is 0 Å². The molecular formula is C15H27NO. The summed E-state index contributed by atoms with van der Waals surface area (Å²) >= 11 is 0. The van der Waals surface area contributed by atoms with Gasteiger partial charge in [-0.3, -0.25) is 0 Å². The van der Waals surface area contributed by atoms with Gasteiger partial charge in [-0.1, -0.05) is 6.92 Å². The highest BCUT2D eigenvalue weighted by Crippen LogP contribution is 2.70. The zero-order valence-electron chi connectivity index (χ0n) is 11.3. The van der Waals surface area contributed by atoms with Crippen LogP contribution in [0.25, 0.3) is 0 Å². The first-order valence-corrected chi connectivity index (χ1v) is 7.59. The molecule has 0 radical (unpaired) electrons. The Kier molecular flexibility index (Phi) is 3.45. The van der Waals surface area contributed by atoms with Crippen molar-refractivity contribution in [3.63, 3.8) is 0 Å². The fourth-order valence-electron chi connectivity index (χ4n) is 5.07. The van der Waals surface area contributed by atoms with E-state index in [0.29, 0.717) is 0 Å². The minimum Gasteiger partial charge on any atom is -0.385 e. The third kappa shape index (κ3) is 2.04. The van der Waals surface area contributed by atoms with Gasteiger partial charge in [-0.15, -0.1) is 0 Å². The summed E-state index contributed by atoms with van der Waals surface area (Å²) in [7, 11) is 1.81. The van der Waals surface area contributed by atoms with E-state index < -0.39 is 0 Å². The van der Waals surface area contributed by atoms with Crippen LogP contribution in [0.5, 0.6) is 0 Å². The van der Waals surface area contributed by atoms with E-state index in [4.69, 9.17) is 4.74 Å². The van der Waals surface area contributed by atoms with Gasteiger partial charge in [-0.25, -0.2) is 0 Å². The maximum Gasteiger partial charge on any atom is 0.0462 e. The molecule has 2 heteroatoms. The van der Waals surface area contributed by atoms with Gasteiger partial charge in [0.15, 0.2) is 0 Å². The van der Waals surface area contributed by atoms with Gasteiger partial charge in [-0.2, -0.15) is 0 Å². The van der Waals surface area contributed by atoms with Gasteiger partial charge in [0.1, 0.15) is 0 Å². The molecule has 17 heavy (non-hydrogen) atoms. The number of fused-ring (bicyclic) bond motifs is 5. The second-order valence-corrected chi connectivity index (χ2v) is 6.36. The Bertz CT molecular complexity index is 252. The molecule has 2 nitrogen and oxygen atoms in total. The van der Waals surface area contributed by atoms with Gasteiger partial charge >= 0.3 is 0 Å². The van der Waals surface area contributed by atoms with Gasteiger partial charge in [0.05, 0.1) is 0 Å². The molecule has 0 saturated heterocycles. The first kappa shape index (κ1) is 12.0. The molecule has 0 aromatic rings. The van der Waals surface area contributed by atoms with E-state index in [1.165, 1.54) is 12.8 Å². The van der Waals surface area contributed by atoms with Crippen molar-refractivity contribution in [1.82, 2.24) is 5.32 Å². The van der Waals surface area contributed by atoms with E-state index in [0.717, 1.165) is 48.8 Å². The van der Waals surface area contributed by atoms with Crippen molar-refractivity contribution >= 4 is 0 Å². The van der Waals surface area contributed by atoms with E-state index in [1.807, 2.05) is 7.11 Å². The Morgan fingerprint density at radius 3 is 2.53 bits per heavy atom. The smallest absolute Gasteiger partial charge is 0.0462 e. The molecule has 2 bridgehead atoms. The van der Waals surface area contributed by atoms with Crippen molar-refractivity contribution in [2.75, 3.05) is 20.3 Å². The molecule has 3 saturated carbocycles. The highest BCUT2D eigenvalue weighted by molar-refractivity contribution is 5.15. The lowest BCUT2D eigenvalue weighted by Gasteiger charge is -2.21. The maximum absolute atomic E-state index is 5.19. The van der Waals surface area contributed by atoms with E-state index >= 15 is 0 Å². The summed E-state index contributed by atoms with van der Waals surface area (Å²) in [4.78, 5) is 0. The van der Waals surface area contributed by atoms with Crippen LogP contribution in [-0.4, -0.2) is 26.3 Å². The van der Waals surface area contributed by atoms with Crippen molar-refractivity contribution in [1.29, 1.82) is 0 Å². The van der Waals surface area contributed by atoms with Gasteiger partial charge < -0.3 is 10.1 Å². The molecule has 0 aromatic heterocycles. The van der Waals surface area contributed by atoms with Crippen LogP contribution >= 0.6 is 0 Å². The highest BCUT2D eigenvalue weighted by Gasteiger charge is 2.66. The Morgan fingerprint density at radius 2 is 1.94 bits per heavy atom. The van der Waals surface area contributed by atoms with Gasteiger partial charge in [0.2, 0.25) is 0 Å². The van der Waals surface area contributed by atoms with E-state index in [2.05, 4.69) is 12.2 Å². The first-order chi connectivity index (χ1) is 8.36. The van der Waals surface area contributed by atoms with Crippen LogP contribution in [0.3, 0.4) is 0 Å². The number of methoxy groups -OCH3 is 1. The van der Waals surface area contributed by atoms with Gasteiger partial charge in [0, 0.05) is 19.8 Å². The number of hydrogen-bond acceptors (Lipinski definition) is 2. The minimum absolute atomic E-state index is 0.786. The molecule has 3 aliphatic rings. The van der Waals surface area contributed by atoms with Crippen molar-refractivity contribution in [3.05, 3.63) is 0 Å². The lowest BCUT2D eigenvalue weighted by molar-refractivity contribution is 0.185. The summed E-state index contributed by atoms with van der Waals surface area (Å²) in [6, 6.07) is 0.786. The molecule has 0 heterocycles. The fraction of sp³-hybridized carbons (Fsp3) is 1.00. The number of nitrogens with one attached hydrogen (secondary N) is 1. The lowest BCUT2D eigenvalue weighted by atomic mass is 9.95. The Balaban J connectivity index is 1.54. The maximum atomic E-state index is 5.19. The van der Waals surface area contributed by atoms with Crippen LogP contribution in [0, 0.1) is 29.6 Å². The average Bonchev–Trinajstić information content (AvgIpc) is 2.76. The van der Waals surface area contributed by atoms with Crippen LogP contribution < -0.4 is 5.32 Å². The molecule has 0 amide bonds. The molecular weight excluding hydrogens is 210 g/mol. The fourth-order valence-corrected chi connectivity index (χ4v) is 5.07. The second-order valence-electron chi connectivity index (χ2n) is 6.36. The zero-order valence-corrected chi connectivity index (χ0v) is 11.3. The minimum atomic E-state index is 0.786. The highest BCUT2D eigenvalue weighted by atomic mass is 16.5. The van der Waals surface area contributed by atoms with Crippen LogP contribution in [0.2, 0.25) is 0 Å². The largest absolute Gasteiger partial charge is 0.385 e. The molecule has 98 valence electrons. The number of ether oxygens (including phenoxy) is 1. The molecule has 5 atom stereocenters. The van der Waals surface area contributed by atoms with Crippen LogP contribution in [0.1, 0.15) is 39.0 Å². The van der Waals surface area contributed by atoms with Crippen LogP contribution in [-0.2, 0) is 4.74 Å². The summed E-state index contributed by atoms with van der Waals surface area (Å²) in [5.41, 5.74) is 0. The van der Waals surface area contributed by atoms with Crippen molar-refractivity contribution in [2.45, 2.75) is 45.1 Å². The summed E-state index contributed by atoms with van der Waals surface area (Å²) in [6.45, 7) is 4.30. The molecule has 3 aliphatic carbocycles. The average molecular weight is 237 g/mol. The number of rotatable bonds is 7. The van der Waals surface area contributed by atoms with Crippen LogP contribution in [0.4, 0.5) is 0 Å². The molecule has 0 aliphatic heterocycles. The molecule has 0 aromatic carbocycles. The Morgan fingerprint density at radius 1 is 1.24 bits per heavy atom. The van der Waals surface area contributed by atoms with E-state index in [9.17, 15) is 0 Å². The normalized spacial score (nSPS) is 43.8. The van der Waals surface area contributed by atoms with Gasteiger partial charge in [-0.05, 0) is 68.2 Å². The summed E-state index contributed by atoms with van der Waals surface area (Å²) in [6.07, 6.45) is 7.19. The second kappa shape index (κ2) is 4.89. The predicted molar refractivity (Wildman–Crippen MR) is 69.9 cm³/mol. The summed E-state index contributed by atoms with van der Waals surface area (Å²) in [5, 5.41) is 3.75. The topological polar surface area (TPSA) is 21.3 Å². The standard InChI is InChI=1S/C15H27NO/c1-3-16-12(5-4-8-17-2)15-13-10-6-7-11(9-10)14(13)15/h10-16H,3-9H2,1-2H3. The van der Waals surface area contributed by atoms with Gasteiger partial charge in [0.25, 0.3) is 0 Å². The molecule has 5 unspecified atom stereocenters. The Hall–Kier alpha value is -0.0800. The van der Waals surface area contributed by atoms with Crippen molar-refractivity contribution in [2.24, 2.45) is 29.6 Å². The monoisotopic (exact) mass is 237 g/mol. The first-order valence-electron chi connectivity index (χ1n) is 7.59. The molecule has 3 rings (SSSR count). The Labute approximate surface area is 105 Å². The molecule has 1 N–H and O–H groups in total. The summed E-state index contributed by atoms with van der Waals surface area (Å²) < 4.78 is 5.19. The SMILES string of the molecule is CCNC(CCCOC)C1C2C3CCC(C3)C21. The molecule has 3 fully saturated rings. The van der Waals surface area contributed by atoms with Crippen molar-refractivity contribution in [3.8, 4) is 0 Å². The zero-order chi connectivity index (χ0) is 11.8. The predicted octanol–water partition coefficient (Wildman–Crippen LogP) is 2.68.